The van der Waals surface area contributed by atoms with E-state index >= 15 is 0 Å². The number of ether oxygens (including phenoxy) is 1. The van der Waals surface area contributed by atoms with E-state index in [0.717, 1.165) is 10.4 Å². The summed E-state index contributed by atoms with van der Waals surface area (Å²) in [7, 11) is 1.62. The van der Waals surface area contributed by atoms with E-state index in [9.17, 15) is 14.4 Å². The summed E-state index contributed by atoms with van der Waals surface area (Å²) in [5.41, 5.74) is 0.326. The van der Waals surface area contributed by atoms with E-state index in [1.807, 2.05) is 6.92 Å². The molecule has 2 amide bonds. The van der Waals surface area contributed by atoms with Gasteiger partial charge in [-0.15, -0.1) is 11.3 Å². The molecular weight excluding hydrogens is 356 g/mol. The number of hydrogen-bond donors (Lipinski definition) is 1. The maximum absolute atomic E-state index is 12.8. The van der Waals surface area contributed by atoms with Crippen LogP contribution in [0.4, 0.5) is 4.79 Å². The first-order chi connectivity index (χ1) is 12.5. The number of nitrogens with one attached hydrogen (secondary N) is 1. The first kappa shape index (κ1) is 18.7. The third-order valence-corrected chi connectivity index (χ3v) is 6.02. The van der Waals surface area contributed by atoms with E-state index in [2.05, 4.69) is 5.32 Å². The number of fused-ring (bicyclic) bond motifs is 1. The molecule has 1 saturated heterocycles. The van der Waals surface area contributed by atoms with Crippen LogP contribution in [0.5, 0.6) is 0 Å². The third-order valence-electron chi connectivity index (χ3n) is 4.72. The number of hydrogen-bond acceptors (Lipinski definition) is 5. The number of amides is 2. The van der Waals surface area contributed by atoms with Crippen LogP contribution in [-0.4, -0.2) is 46.9 Å². The third kappa shape index (κ3) is 3.16. The largest absolute Gasteiger partial charge is 0.385 e. The Labute approximate surface area is 155 Å². The molecule has 0 radical (unpaired) electrons. The van der Waals surface area contributed by atoms with Crippen LogP contribution >= 0.6 is 11.3 Å². The number of nitrogens with zero attached hydrogens (tertiary/aromatic N) is 3. The minimum Gasteiger partial charge on any atom is -0.385 e. The molecule has 2 aromatic heterocycles. The molecule has 1 aliphatic heterocycles. The van der Waals surface area contributed by atoms with Crippen LogP contribution in [0, 0.1) is 6.92 Å². The molecule has 0 aliphatic carbocycles. The monoisotopic (exact) mass is 380 g/mol. The summed E-state index contributed by atoms with van der Waals surface area (Å²) >= 11 is 1.43. The highest BCUT2D eigenvalue weighted by atomic mass is 32.1. The van der Waals surface area contributed by atoms with Crippen molar-refractivity contribution in [2.24, 2.45) is 0 Å². The molecule has 2 aromatic rings. The molecule has 0 aromatic carbocycles. The van der Waals surface area contributed by atoms with E-state index in [-0.39, 0.29) is 17.3 Å². The molecule has 1 aliphatic rings. The maximum atomic E-state index is 12.8. The Balaban J connectivity index is 2.12. The number of thiophene rings is 1. The maximum Gasteiger partial charge on any atom is 0.332 e. The van der Waals surface area contributed by atoms with Crippen molar-refractivity contribution in [1.29, 1.82) is 0 Å². The van der Waals surface area contributed by atoms with E-state index < -0.39 is 0 Å². The molecule has 1 N–H and O–H groups in total. The molecular formula is C17H24N4O4S. The van der Waals surface area contributed by atoms with Crippen LogP contribution in [0.2, 0.25) is 0 Å². The Morgan fingerprint density at radius 1 is 1.23 bits per heavy atom. The second-order valence-corrected chi connectivity index (χ2v) is 7.40. The first-order valence-corrected chi connectivity index (χ1v) is 9.58. The average Bonchev–Trinajstić information content (AvgIpc) is 3.16. The lowest BCUT2D eigenvalue weighted by atomic mass is 10.2. The van der Waals surface area contributed by atoms with Crippen molar-refractivity contribution in [2.75, 3.05) is 26.8 Å². The van der Waals surface area contributed by atoms with Crippen LogP contribution in [0.25, 0.3) is 10.2 Å². The number of carbonyl (C=O) groups is 1. The summed E-state index contributed by atoms with van der Waals surface area (Å²) < 4.78 is 8.04. The van der Waals surface area contributed by atoms with Gasteiger partial charge in [-0.05, 0) is 25.8 Å². The summed E-state index contributed by atoms with van der Waals surface area (Å²) in [5.74, 6) is 0. The van der Waals surface area contributed by atoms with Gasteiger partial charge in [-0.1, -0.05) is 0 Å². The van der Waals surface area contributed by atoms with Crippen molar-refractivity contribution < 1.29 is 9.53 Å². The van der Waals surface area contributed by atoms with Crippen molar-refractivity contribution in [2.45, 2.75) is 39.9 Å². The smallest absolute Gasteiger partial charge is 0.332 e. The average molecular weight is 380 g/mol. The van der Waals surface area contributed by atoms with Crippen LogP contribution in [0.15, 0.2) is 9.59 Å². The van der Waals surface area contributed by atoms with Gasteiger partial charge in [-0.3, -0.25) is 13.9 Å². The number of methoxy groups -OCH3 is 1. The van der Waals surface area contributed by atoms with Gasteiger partial charge in [0.15, 0.2) is 0 Å². The van der Waals surface area contributed by atoms with E-state index in [1.165, 1.54) is 15.9 Å². The Bertz CT molecular complexity index is 943. The van der Waals surface area contributed by atoms with E-state index in [4.69, 9.17) is 4.74 Å². The highest BCUT2D eigenvalue weighted by molar-refractivity contribution is 7.18. The summed E-state index contributed by atoms with van der Waals surface area (Å²) in [6.07, 6.45) is 0.689. The minimum atomic E-state index is -0.284. The fourth-order valence-corrected chi connectivity index (χ4v) is 4.60. The van der Waals surface area contributed by atoms with Crippen LogP contribution in [-0.2, 0) is 24.4 Å². The zero-order valence-electron chi connectivity index (χ0n) is 15.3. The molecule has 142 valence electrons. The SMILES string of the molecule is CCn1c(=O)c2c(C)c(CN3CCNC3=O)sc2n(CCCOC)c1=O. The van der Waals surface area contributed by atoms with Crippen LogP contribution in [0.3, 0.4) is 0 Å². The van der Waals surface area contributed by atoms with Crippen molar-refractivity contribution in [3.63, 3.8) is 0 Å². The first-order valence-electron chi connectivity index (χ1n) is 8.76. The van der Waals surface area contributed by atoms with Crippen molar-refractivity contribution in [1.82, 2.24) is 19.4 Å². The number of rotatable bonds is 7. The Hall–Kier alpha value is -2.13. The van der Waals surface area contributed by atoms with Gasteiger partial charge < -0.3 is 15.0 Å². The van der Waals surface area contributed by atoms with Crippen LogP contribution < -0.4 is 16.6 Å². The molecule has 9 heteroatoms. The molecule has 3 heterocycles. The Morgan fingerprint density at radius 3 is 2.62 bits per heavy atom. The Kier molecular flexibility index (Phi) is 5.47. The van der Waals surface area contributed by atoms with Gasteiger partial charge in [-0.25, -0.2) is 9.59 Å². The van der Waals surface area contributed by atoms with Gasteiger partial charge in [0.2, 0.25) is 0 Å². The topological polar surface area (TPSA) is 85.6 Å². The van der Waals surface area contributed by atoms with Crippen molar-refractivity contribution in [3.8, 4) is 0 Å². The Morgan fingerprint density at radius 2 is 2.00 bits per heavy atom. The predicted molar refractivity (Wildman–Crippen MR) is 101 cm³/mol. The molecule has 3 rings (SSSR count). The highest BCUT2D eigenvalue weighted by Crippen LogP contribution is 2.29. The van der Waals surface area contributed by atoms with Gasteiger partial charge >= 0.3 is 11.7 Å². The van der Waals surface area contributed by atoms with Gasteiger partial charge in [0.25, 0.3) is 5.56 Å². The normalized spacial score (nSPS) is 14.4. The zero-order chi connectivity index (χ0) is 18.8. The van der Waals surface area contributed by atoms with Gasteiger partial charge in [-0.2, -0.15) is 0 Å². The highest BCUT2D eigenvalue weighted by Gasteiger charge is 2.24. The zero-order valence-corrected chi connectivity index (χ0v) is 16.1. The minimum absolute atomic E-state index is 0.0923. The summed E-state index contributed by atoms with van der Waals surface area (Å²) in [6, 6.07) is -0.0923. The number of carbonyl (C=O) groups excluding carboxylic acids is 1. The van der Waals surface area contributed by atoms with Gasteiger partial charge in [0.1, 0.15) is 4.83 Å². The number of urea groups is 1. The van der Waals surface area contributed by atoms with Gasteiger partial charge in [0, 0.05) is 44.8 Å². The number of aryl methyl sites for hydroxylation is 2. The summed E-state index contributed by atoms with van der Waals surface area (Å²) in [5, 5.41) is 3.37. The van der Waals surface area contributed by atoms with E-state index in [0.29, 0.717) is 56.0 Å². The molecule has 26 heavy (non-hydrogen) atoms. The standard InChI is InChI=1S/C17H24N4O4S/c1-4-20-14(22)13-11(2)12(10-19-8-6-18-16(19)23)26-15(13)21(17(20)24)7-5-9-25-3/h4-10H2,1-3H3,(H,18,23). The molecule has 1 fully saturated rings. The quantitative estimate of drug-likeness (QED) is 0.730. The van der Waals surface area contributed by atoms with Crippen molar-refractivity contribution in [3.05, 3.63) is 31.3 Å². The molecule has 0 spiro atoms. The molecule has 0 saturated carbocycles. The molecule has 0 atom stereocenters. The lowest BCUT2D eigenvalue weighted by Crippen LogP contribution is -2.39. The number of aromatic nitrogens is 2. The van der Waals surface area contributed by atoms with E-state index in [1.54, 1.807) is 23.5 Å². The molecule has 0 unspecified atom stereocenters. The summed E-state index contributed by atoms with van der Waals surface area (Å²) in [4.78, 5) is 40.8. The lowest BCUT2D eigenvalue weighted by molar-refractivity contribution is 0.190. The fraction of sp³-hybridized carbons (Fsp3) is 0.588. The predicted octanol–water partition coefficient (Wildman–Crippen LogP) is 1.11. The van der Waals surface area contributed by atoms with Gasteiger partial charge in [0.05, 0.1) is 11.9 Å². The second-order valence-electron chi connectivity index (χ2n) is 6.31. The second kappa shape index (κ2) is 7.63. The lowest BCUT2D eigenvalue weighted by Gasteiger charge is -2.12. The van der Waals surface area contributed by atoms with Crippen molar-refractivity contribution >= 4 is 27.6 Å². The fourth-order valence-electron chi connectivity index (χ4n) is 3.27. The summed E-state index contributed by atoms with van der Waals surface area (Å²) in [6.45, 7) is 6.79. The molecule has 8 nitrogen and oxygen atoms in total. The van der Waals surface area contributed by atoms with Crippen LogP contribution in [0.1, 0.15) is 23.8 Å². The molecule has 0 bridgehead atoms.